The number of aryl methyl sites for hydroxylation is 1. The van der Waals surface area contributed by atoms with Crippen molar-refractivity contribution < 1.29 is 19.1 Å². The van der Waals surface area contributed by atoms with Gasteiger partial charge in [0, 0.05) is 10.2 Å². The highest BCUT2D eigenvalue weighted by atomic mass is 79.9. The highest BCUT2D eigenvalue weighted by molar-refractivity contribution is 9.10. The zero-order chi connectivity index (χ0) is 17.5. The van der Waals surface area contributed by atoms with Gasteiger partial charge in [-0.1, -0.05) is 33.6 Å². The van der Waals surface area contributed by atoms with Crippen LogP contribution in [0.5, 0.6) is 5.75 Å². The minimum atomic E-state index is -0.807. The van der Waals surface area contributed by atoms with Crippen molar-refractivity contribution in [1.82, 2.24) is 0 Å². The average Bonchev–Trinajstić information content (AvgIpc) is 2.57. The predicted octanol–water partition coefficient (Wildman–Crippen LogP) is 3.71. The van der Waals surface area contributed by atoms with Crippen molar-refractivity contribution >= 4 is 33.5 Å². The lowest BCUT2D eigenvalue weighted by molar-refractivity contribution is -0.153. The van der Waals surface area contributed by atoms with Crippen LogP contribution in [0.2, 0.25) is 0 Å². The number of hydrogen-bond acceptors (Lipinski definition) is 4. The summed E-state index contributed by atoms with van der Waals surface area (Å²) in [5.41, 5.74) is 1.75. The first kappa shape index (κ1) is 18.0. The van der Waals surface area contributed by atoms with Crippen LogP contribution in [-0.4, -0.2) is 24.6 Å². The Balaban J connectivity index is 1.77. The summed E-state index contributed by atoms with van der Waals surface area (Å²) in [6.45, 7) is 3.17. The molecule has 1 amide bonds. The van der Waals surface area contributed by atoms with Gasteiger partial charge in [-0.05, 0) is 50.2 Å². The Labute approximate surface area is 149 Å². The van der Waals surface area contributed by atoms with Crippen molar-refractivity contribution in [2.75, 3.05) is 11.9 Å². The van der Waals surface area contributed by atoms with Gasteiger partial charge in [0.1, 0.15) is 5.75 Å². The van der Waals surface area contributed by atoms with E-state index in [4.69, 9.17) is 9.47 Å². The molecule has 6 heteroatoms. The number of amides is 1. The van der Waals surface area contributed by atoms with E-state index in [-0.39, 0.29) is 6.61 Å². The molecular weight excluding hydrogens is 374 g/mol. The standard InChI is InChI=1S/C18H18BrNO4/c1-12-3-7-15(8-4-12)20-17(21)11-23-18(22)13(2)24-16-9-5-14(19)6-10-16/h3-10,13H,11H2,1-2H3,(H,20,21). The van der Waals surface area contributed by atoms with Gasteiger partial charge >= 0.3 is 5.97 Å². The van der Waals surface area contributed by atoms with Crippen LogP contribution < -0.4 is 10.1 Å². The SMILES string of the molecule is Cc1ccc(NC(=O)COC(=O)C(C)Oc2ccc(Br)cc2)cc1. The largest absolute Gasteiger partial charge is 0.479 e. The Morgan fingerprint density at radius 3 is 2.33 bits per heavy atom. The van der Waals surface area contributed by atoms with Crippen LogP contribution >= 0.6 is 15.9 Å². The molecule has 0 spiro atoms. The molecule has 126 valence electrons. The van der Waals surface area contributed by atoms with E-state index >= 15 is 0 Å². The third kappa shape index (κ3) is 5.70. The Morgan fingerprint density at radius 2 is 1.71 bits per heavy atom. The van der Waals surface area contributed by atoms with Gasteiger partial charge in [0.2, 0.25) is 0 Å². The van der Waals surface area contributed by atoms with Crippen molar-refractivity contribution in [3.05, 3.63) is 58.6 Å². The number of halogens is 1. The predicted molar refractivity (Wildman–Crippen MR) is 95.0 cm³/mol. The smallest absolute Gasteiger partial charge is 0.347 e. The van der Waals surface area contributed by atoms with Gasteiger partial charge in [0.15, 0.2) is 12.7 Å². The molecule has 5 nitrogen and oxygen atoms in total. The summed E-state index contributed by atoms with van der Waals surface area (Å²) in [5, 5.41) is 2.66. The lowest BCUT2D eigenvalue weighted by Crippen LogP contribution is -2.29. The Bertz CT molecular complexity index is 698. The van der Waals surface area contributed by atoms with Crippen molar-refractivity contribution in [1.29, 1.82) is 0 Å². The fourth-order valence-electron chi connectivity index (χ4n) is 1.85. The van der Waals surface area contributed by atoms with E-state index in [9.17, 15) is 9.59 Å². The number of nitrogens with one attached hydrogen (secondary N) is 1. The van der Waals surface area contributed by atoms with Crippen LogP contribution in [0, 0.1) is 6.92 Å². The van der Waals surface area contributed by atoms with Gasteiger partial charge in [-0.3, -0.25) is 4.79 Å². The monoisotopic (exact) mass is 391 g/mol. The van der Waals surface area contributed by atoms with E-state index < -0.39 is 18.0 Å². The van der Waals surface area contributed by atoms with Crippen molar-refractivity contribution in [2.45, 2.75) is 20.0 Å². The summed E-state index contributed by atoms with van der Waals surface area (Å²) >= 11 is 3.32. The molecule has 2 rings (SSSR count). The number of carbonyl (C=O) groups excluding carboxylic acids is 2. The maximum absolute atomic E-state index is 11.9. The van der Waals surface area contributed by atoms with Crippen molar-refractivity contribution in [3.8, 4) is 5.75 Å². The summed E-state index contributed by atoms with van der Waals surface area (Å²) < 4.78 is 11.4. The third-order valence-electron chi connectivity index (χ3n) is 3.14. The molecule has 0 saturated heterocycles. The fraction of sp³-hybridized carbons (Fsp3) is 0.222. The quantitative estimate of drug-likeness (QED) is 0.762. The molecule has 0 aliphatic carbocycles. The molecule has 0 aromatic heterocycles. The van der Waals surface area contributed by atoms with E-state index in [0.717, 1.165) is 10.0 Å². The first-order valence-corrected chi connectivity index (χ1v) is 8.19. The minimum Gasteiger partial charge on any atom is -0.479 e. The number of carbonyl (C=O) groups is 2. The number of ether oxygens (including phenoxy) is 2. The fourth-order valence-corrected chi connectivity index (χ4v) is 2.12. The highest BCUT2D eigenvalue weighted by Crippen LogP contribution is 2.17. The Kier molecular flexibility index (Phi) is 6.37. The second-order valence-corrected chi connectivity index (χ2v) is 6.15. The molecule has 0 heterocycles. The van der Waals surface area contributed by atoms with Gasteiger partial charge < -0.3 is 14.8 Å². The van der Waals surface area contributed by atoms with E-state index in [1.165, 1.54) is 0 Å². The summed E-state index contributed by atoms with van der Waals surface area (Å²) in [4.78, 5) is 23.7. The normalized spacial score (nSPS) is 11.5. The average molecular weight is 392 g/mol. The zero-order valence-electron chi connectivity index (χ0n) is 13.4. The van der Waals surface area contributed by atoms with E-state index in [1.807, 2.05) is 31.2 Å². The van der Waals surface area contributed by atoms with Crippen LogP contribution in [-0.2, 0) is 14.3 Å². The summed E-state index contributed by atoms with van der Waals surface area (Å²) in [7, 11) is 0. The zero-order valence-corrected chi connectivity index (χ0v) is 15.0. The summed E-state index contributed by atoms with van der Waals surface area (Å²) in [6, 6.07) is 14.4. The Hall–Kier alpha value is -2.34. The van der Waals surface area contributed by atoms with Crippen LogP contribution in [0.3, 0.4) is 0 Å². The molecule has 1 atom stereocenters. The molecule has 0 saturated carbocycles. The molecule has 0 bridgehead atoms. The number of esters is 1. The Morgan fingerprint density at radius 1 is 1.08 bits per heavy atom. The summed E-state index contributed by atoms with van der Waals surface area (Å²) in [6.07, 6.45) is -0.807. The maximum atomic E-state index is 11.9. The lowest BCUT2D eigenvalue weighted by atomic mass is 10.2. The van der Waals surface area contributed by atoms with Crippen LogP contribution in [0.25, 0.3) is 0 Å². The molecule has 24 heavy (non-hydrogen) atoms. The topological polar surface area (TPSA) is 64.6 Å². The molecule has 0 fully saturated rings. The van der Waals surface area contributed by atoms with Crippen LogP contribution in [0.4, 0.5) is 5.69 Å². The van der Waals surface area contributed by atoms with Crippen molar-refractivity contribution in [2.24, 2.45) is 0 Å². The van der Waals surface area contributed by atoms with Gasteiger partial charge in [-0.2, -0.15) is 0 Å². The number of hydrogen-bond donors (Lipinski definition) is 1. The highest BCUT2D eigenvalue weighted by Gasteiger charge is 2.17. The van der Waals surface area contributed by atoms with E-state index in [2.05, 4.69) is 21.2 Å². The molecule has 0 aliphatic rings. The molecule has 1 N–H and O–H groups in total. The first-order valence-electron chi connectivity index (χ1n) is 7.39. The molecule has 0 radical (unpaired) electrons. The number of benzene rings is 2. The first-order chi connectivity index (χ1) is 11.4. The van der Waals surface area contributed by atoms with Gasteiger partial charge in [0.05, 0.1) is 0 Å². The molecule has 2 aromatic carbocycles. The van der Waals surface area contributed by atoms with Crippen LogP contribution in [0.1, 0.15) is 12.5 Å². The van der Waals surface area contributed by atoms with E-state index in [1.54, 1.807) is 31.2 Å². The number of anilines is 1. The molecule has 0 aliphatic heterocycles. The second-order valence-electron chi connectivity index (χ2n) is 5.24. The minimum absolute atomic E-state index is 0.360. The number of rotatable bonds is 6. The maximum Gasteiger partial charge on any atom is 0.347 e. The van der Waals surface area contributed by atoms with Crippen LogP contribution in [0.15, 0.2) is 53.0 Å². The molecule has 1 unspecified atom stereocenters. The lowest BCUT2D eigenvalue weighted by Gasteiger charge is -2.14. The van der Waals surface area contributed by atoms with Gasteiger partial charge in [-0.25, -0.2) is 4.79 Å². The van der Waals surface area contributed by atoms with Crippen molar-refractivity contribution in [3.63, 3.8) is 0 Å². The molecule has 2 aromatic rings. The van der Waals surface area contributed by atoms with Gasteiger partial charge in [-0.15, -0.1) is 0 Å². The second kappa shape index (κ2) is 8.49. The summed E-state index contributed by atoms with van der Waals surface area (Å²) in [5.74, 6) is -0.452. The van der Waals surface area contributed by atoms with E-state index in [0.29, 0.717) is 11.4 Å². The van der Waals surface area contributed by atoms with Gasteiger partial charge in [0.25, 0.3) is 5.91 Å². The molecular formula is C18H18BrNO4. The third-order valence-corrected chi connectivity index (χ3v) is 3.67.